The molecule has 0 aliphatic carbocycles. The molecule has 1 heterocycles. The Kier molecular flexibility index (Phi) is 5.33. The zero-order valence-corrected chi connectivity index (χ0v) is 15.4. The van der Waals surface area contributed by atoms with Gasteiger partial charge in [-0.25, -0.2) is 0 Å². The second-order valence-electron chi connectivity index (χ2n) is 6.86. The number of benzene rings is 2. The number of nitrogens with two attached hydrogens (primary N) is 1. The summed E-state index contributed by atoms with van der Waals surface area (Å²) < 4.78 is 0. The van der Waals surface area contributed by atoms with Gasteiger partial charge in [-0.05, 0) is 18.9 Å². The Morgan fingerprint density at radius 2 is 1.59 bits per heavy atom. The first-order chi connectivity index (χ1) is 12.9. The van der Waals surface area contributed by atoms with Gasteiger partial charge in [0.15, 0.2) is 5.78 Å². The van der Waals surface area contributed by atoms with E-state index in [-0.39, 0.29) is 11.8 Å². The fourth-order valence-electron chi connectivity index (χ4n) is 3.47. The molecule has 2 unspecified atom stereocenters. The normalized spacial score (nSPS) is 16.3. The molecule has 2 aromatic carbocycles. The van der Waals surface area contributed by atoms with E-state index >= 15 is 0 Å². The van der Waals surface area contributed by atoms with Crippen LogP contribution in [-0.2, 0) is 9.59 Å². The van der Waals surface area contributed by atoms with Crippen molar-refractivity contribution in [2.75, 3.05) is 0 Å². The number of carbonyl (C=O) groups excluding carboxylic acids is 3. The summed E-state index contributed by atoms with van der Waals surface area (Å²) in [6, 6.07) is 15.9. The Morgan fingerprint density at radius 3 is 2.26 bits per heavy atom. The lowest BCUT2D eigenvalue weighted by Gasteiger charge is -2.18. The monoisotopic (exact) mass is 362 g/mol. The highest BCUT2D eigenvalue weighted by Gasteiger charge is 2.35. The summed E-state index contributed by atoms with van der Waals surface area (Å²) in [6.07, 6.45) is 0.312. The molecule has 0 radical (unpaired) electrons. The number of hydrogen-bond donors (Lipinski definition) is 2. The highest BCUT2D eigenvalue weighted by atomic mass is 16.2. The fraction of sp³-hybridized carbons (Fsp3) is 0.227. The van der Waals surface area contributed by atoms with E-state index < -0.39 is 17.7 Å². The Labute approximate surface area is 158 Å². The van der Waals surface area contributed by atoms with Crippen LogP contribution in [0.1, 0.15) is 47.7 Å². The van der Waals surface area contributed by atoms with Crippen molar-refractivity contribution in [2.24, 2.45) is 5.73 Å². The zero-order valence-electron chi connectivity index (χ0n) is 15.4. The summed E-state index contributed by atoms with van der Waals surface area (Å²) in [6.45, 7) is 3.63. The molecule has 0 fully saturated rings. The molecule has 0 spiro atoms. The van der Waals surface area contributed by atoms with Gasteiger partial charge in [-0.1, -0.05) is 61.5 Å². The van der Waals surface area contributed by atoms with Crippen LogP contribution in [0.25, 0.3) is 0 Å². The van der Waals surface area contributed by atoms with Gasteiger partial charge < -0.3 is 5.73 Å². The number of hydrogen-bond acceptors (Lipinski definition) is 4. The number of rotatable bonds is 6. The number of nitrogens with one attached hydrogen (secondary N) is 1. The van der Waals surface area contributed by atoms with Crippen molar-refractivity contribution in [3.05, 3.63) is 82.4 Å². The maximum absolute atomic E-state index is 13.0. The summed E-state index contributed by atoms with van der Waals surface area (Å²) in [5, 5.41) is 2.36. The molecule has 5 heteroatoms. The Morgan fingerprint density at radius 1 is 0.963 bits per heavy atom. The predicted molar refractivity (Wildman–Crippen MR) is 103 cm³/mol. The van der Waals surface area contributed by atoms with Crippen LogP contribution < -0.4 is 11.1 Å². The van der Waals surface area contributed by atoms with E-state index in [0.29, 0.717) is 34.3 Å². The first kappa shape index (κ1) is 18.7. The summed E-state index contributed by atoms with van der Waals surface area (Å²) in [7, 11) is 0. The number of ketones is 1. The van der Waals surface area contributed by atoms with Gasteiger partial charge in [-0.2, -0.15) is 0 Å². The first-order valence-corrected chi connectivity index (χ1v) is 8.93. The van der Waals surface area contributed by atoms with E-state index in [1.807, 2.05) is 37.3 Å². The van der Waals surface area contributed by atoms with E-state index in [1.165, 1.54) is 0 Å². The van der Waals surface area contributed by atoms with Crippen molar-refractivity contribution in [2.45, 2.75) is 32.2 Å². The minimum absolute atomic E-state index is 0.114. The van der Waals surface area contributed by atoms with Crippen molar-refractivity contribution < 1.29 is 14.4 Å². The van der Waals surface area contributed by atoms with Crippen LogP contribution >= 0.6 is 0 Å². The first-order valence-electron chi connectivity index (χ1n) is 8.93. The maximum atomic E-state index is 13.0. The zero-order chi connectivity index (χ0) is 19.6. The third-order valence-electron chi connectivity index (χ3n) is 4.74. The van der Waals surface area contributed by atoms with Gasteiger partial charge in [-0.15, -0.1) is 0 Å². The minimum atomic E-state index is -0.412. The molecule has 138 valence electrons. The molecule has 2 atom stereocenters. The number of amides is 2. The minimum Gasteiger partial charge on any atom is -0.328 e. The van der Waals surface area contributed by atoms with E-state index in [1.54, 1.807) is 31.2 Å². The molecule has 0 saturated heterocycles. The number of carbonyl (C=O) groups is 3. The molecule has 0 bridgehead atoms. The van der Waals surface area contributed by atoms with Crippen LogP contribution in [0.4, 0.5) is 0 Å². The molecule has 3 N–H and O–H groups in total. The van der Waals surface area contributed by atoms with Gasteiger partial charge in [0.2, 0.25) is 0 Å². The van der Waals surface area contributed by atoms with Gasteiger partial charge >= 0.3 is 0 Å². The highest BCUT2D eigenvalue weighted by Crippen LogP contribution is 2.33. The van der Waals surface area contributed by atoms with E-state index in [0.717, 1.165) is 0 Å². The molecule has 3 rings (SSSR count). The van der Waals surface area contributed by atoms with Gasteiger partial charge in [0.25, 0.3) is 11.8 Å². The summed E-state index contributed by atoms with van der Waals surface area (Å²) >= 11 is 0. The molecule has 2 aromatic rings. The Hall–Kier alpha value is -3.05. The third kappa shape index (κ3) is 3.73. The number of imide groups is 1. The summed E-state index contributed by atoms with van der Waals surface area (Å²) in [5.74, 6) is -1.33. The van der Waals surface area contributed by atoms with E-state index in [9.17, 15) is 14.4 Å². The lowest BCUT2D eigenvalue weighted by atomic mass is 9.84. The second-order valence-corrected chi connectivity index (χ2v) is 6.86. The molecular weight excluding hydrogens is 340 g/mol. The molecule has 1 aliphatic heterocycles. The van der Waals surface area contributed by atoms with Gasteiger partial charge in [0, 0.05) is 34.2 Å². The molecular formula is C22H22N2O3. The second kappa shape index (κ2) is 7.68. The molecule has 0 aromatic heterocycles. The van der Waals surface area contributed by atoms with Crippen molar-refractivity contribution in [3.63, 3.8) is 0 Å². The average molecular weight is 362 g/mol. The lowest BCUT2D eigenvalue weighted by molar-refractivity contribution is -0.124. The Balaban J connectivity index is 2.06. The van der Waals surface area contributed by atoms with E-state index in [4.69, 9.17) is 5.73 Å². The SMILES string of the molecule is CC(N)CC1=C(C(C)c2ccccc2C(=O)c2ccccc2)C(=O)NC1=O. The van der Waals surface area contributed by atoms with Crippen LogP contribution in [0, 0.1) is 0 Å². The summed E-state index contributed by atoms with van der Waals surface area (Å²) in [4.78, 5) is 37.6. The third-order valence-corrected chi connectivity index (χ3v) is 4.74. The smallest absolute Gasteiger partial charge is 0.255 e. The molecule has 5 nitrogen and oxygen atoms in total. The fourth-order valence-corrected chi connectivity index (χ4v) is 3.47. The molecule has 1 aliphatic rings. The lowest BCUT2D eigenvalue weighted by Crippen LogP contribution is -2.25. The molecule has 27 heavy (non-hydrogen) atoms. The van der Waals surface area contributed by atoms with Crippen molar-refractivity contribution >= 4 is 17.6 Å². The maximum Gasteiger partial charge on any atom is 0.255 e. The Bertz CT molecular complexity index is 930. The van der Waals surface area contributed by atoms with Crippen LogP contribution in [0.2, 0.25) is 0 Å². The van der Waals surface area contributed by atoms with Crippen LogP contribution in [0.5, 0.6) is 0 Å². The topological polar surface area (TPSA) is 89.3 Å². The van der Waals surface area contributed by atoms with Gasteiger partial charge in [0.05, 0.1) is 0 Å². The predicted octanol–water partition coefficient (Wildman–Crippen LogP) is 2.71. The largest absolute Gasteiger partial charge is 0.328 e. The van der Waals surface area contributed by atoms with E-state index in [2.05, 4.69) is 5.32 Å². The van der Waals surface area contributed by atoms with Crippen LogP contribution in [-0.4, -0.2) is 23.6 Å². The van der Waals surface area contributed by atoms with Crippen molar-refractivity contribution in [1.29, 1.82) is 0 Å². The average Bonchev–Trinajstić information content (AvgIpc) is 2.94. The van der Waals surface area contributed by atoms with Crippen LogP contribution in [0.15, 0.2) is 65.7 Å². The van der Waals surface area contributed by atoms with Gasteiger partial charge in [0.1, 0.15) is 0 Å². The quantitative estimate of drug-likeness (QED) is 0.611. The standard InChI is InChI=1S/C22H22N2O3/c1-13(23)12-18-19(22(27)24-21(18)26)14(2)16-10-6-7-11-17(16)20(25)15-8-4-3-5-9-15/h3-11,13-14H,12,23H2,1-2H3,(H,24,26,27). The van der Waals surface area contributed by atoms with Crippen LogP contribution in [0.3, 0.4) is 0 Å². The van der Waals surface area contributed by atoms with Crippen molar-refractivity contribution in [1.82, 2.24) is 5.32 Å². The molecule has 2 amide bonds. The van der Waals surface area contributed by atoms with Crippen molar-refractivity contribution in [3.8, 4) is 0 Å². The van der Waals surface area contributed by atoms with Gasteiger partial charge in [-0.3, -0.25) is 19.7 Å². The summed E-state index contributed by atoms with van der Waals surface area (Å²) in [5.41, 5.74) is 8.47. The molecule has 0 saturated carbocycles. The highest BCUT2D eigenvalue weighted by molar-refractivity contribution is 6.20.